The van der Waals surface area contributed by atoms with E-state index in [1.54, 1.807) is 29.5 Å². The molecule has 4 heterocycles. The van der Waals surface area contributed by atoms with E-state index in [2.05, 4.69) is 43.8 Å². The molecule has 0 aliphatic carbocycles. The number of thiophene rings is 2. The summed E-state index contributed by atoms with van der Waals surface area (Å²) < 4.78 is 0. The lowest BCUT2D eigenvalue weighted by Crippen LogP contribution is -2.35. The van der Waals surface area contributed by atoms with Crippen LogP contribution in [0, 0.1) is 0 Å². The first-order chi connectivity index (χ1) is 13.2. The molecule has 0 amide bonds. The van der Waals surface area contributed by atoms with Crippen molar-refractivity contribution in [1.82, 2.24) is 14.9 Å². The number of benzene rings is 1. The lowest BCUT2D eigenvalue weighted by atomic mass is 9.98. The number of rotatable bonds is 3. The molecule has 0 saturated heterocycles. The first kappa shape index (κ1) is 17.1. The van der Waals surface area contributed by atoms with Gasteiger partial charge in [0.15, 0.2) is 0 Å². The summed E-state index contributed by atoms with van der Waals surface area (Å²) in [4.78, 5) is 25.3. The molecule has 0 saturated carbocycles. The van der Waals surface area contributed by atoms with Crippen molar-refractivity contribution < 1.29 is 0 Å². The maximum absolute atomic E-state index is 12.5. The number of fused-ring (bicyclic) bond motifs is 2. The molecule has 1 aliphatic rings. The van der Waals surface area contributed by atoms with Crippen LogP contribution in [0.3, 0.4) is 0 Å². The maximum atomic E-state index is 12.5. The highest BCUT2D eigenvalue weighted by molar-refractivity contribution is 7.10. The smallest absolute Gasteiger partial charge is 0.258 e. The second-order valence-corrected chi connectivity index (χ2v) is 9.03. The average Bonchev–Trinajstić information content (AvgIpc) is 3.34. The molecule has 4 aromatic rings. The molecule has 1 atom stereocenters. The number of nitrogens with one attached hydrogen (secondary N) is 1. The van der Waals surface area contributed by atoms with E-state index in [1.807, 2.05) is 11.3 Å². The van der Waals surface area contributed by atoms with Crippen LogP contribution in [0.15, 0.2) is 52.0 Å². The molecule has 0 fully saturated rings. The van der Waals surface area contributed by atoms with E-state index in [0.717, 1.165) is 13.0 Å². The van der Waals surface area contributed by atoms with Crippen molar-refractivity contribution in [2.24, 2.45) is 0 Å². The third kappa shape index (κ3) is 3.12. The van der Waals surface area contributed by atoms with E-state index in [0.29, 0.717) is 28.3 Å². The van der Waals surface area contributed by atoms with Crippen LogP contribution in [0.25, 0.3) is 10.9 Å². The number of H-pyrrole nitrogens is 1. The van der Waals surface area contributed by atoms with Crippen molar-refractivity contribution in [3.05, 3.63) is 83.7 Å². The first-order valence-electron chi connectivity index (χ1n) is 8.71. The second kappa shape index (κ2) is 6.87. The lowest BCUT2D eigenvalue weighted by Gasteiger charge is -2.35. The van der Waals surface area contributed by atoms with Gasteiger partial charge in [0.2, 0.25) is 0 Å². The van der Waals surface area contributed by atoms with Crippen molar-refractivity contribution in [2.75, 3.05) is 6.54 Å². The van der Waals surface area contributed by atoms with Crippen LogP contribution in [0.2, 0.25) is 5.02 Å². The van der Waals surface area contributed by atoms with E-state index in [4.69, 9.17) is 11.6 Å². The first-order valence-corrected chi connectivity index (χ1v) is 10.8. The number of aromatic nitrogens is 2. The van der Waals surface area contributed by atoms with Crippen LogP contribution >= 0.6 is 34.3 Å². The Balaban J connectivity index is 1.54. The minimum Gasteiger partial charge on any atom is -0.309 e. The fourth-order valence-corrected chi connectivity index (χ4v) is 5.70. The zero-order valence-electron chi connectivity index (χ0n) is 14.3. The summed E-state index contributed by atoms with van der Waals surface area (Å²) in [6.07, 6.45) is 1.03. The number of halogens is 1. The zero-order valence-corrected chi connectivity index (χ0v) is 16.7. The molecule has 1 aliphatic heterocycles. The van der Waals surface area contributed by atoms with Gasteiger partial charge in [-0.15, -0.1) is 22.7 Å². The Morgan fingerprint density at radius 1 is 1.22 bits per heavy atom. The van der Waals surface area contributed by atoms with E-state index in [9.17, 15) is 4.79 Å². The Morgan fingerprint density at radius 3 is 3.00 bits per heavy atom. The van der Waals surface area contributed by atoms with Gasteiger partial charge in [-0.3, -0.25) is 9.69 Å². The van der Waals surface area contributed by atoms with E-state index >= 15 is 0 Å². The van der Waals surface area contributed by atoms with Gasteiger partial charge in [-0.1, -0.05) is 17.7 Å². The van der Waals surface area contributed by atoms with Gasteiger partial charge in [-0.05, 0) is 53.1 Å². The summed E-state index contributed by atoms with van der Waals surface area (Å²) in [6, 6.07) is 12.0. The fraction of sp³-hybridized carbons (Fsp3) is 0.200. The van der Waals surface area contributed by atoms with Crippen LogP contribution in [-0.2, 0) is 13.0 Å². The van der Waals surface area contributed by atoms with Gasteiger partial charge in [-0.25, -0.2) is 4.98 Å². The van der Waals surface area contributed by atoms with Crippen molar-refractivity contribution in [2.45, 2.75) is 19.0 Å². The van der Waals surface area contributed by atoms with Crippen molar-refractivity contribution in [3.8, 4) is 0 Å². The molecule has 0 unspecified atom stereocenters. The Hall–Kier alpha value is -1.99. The Kier molecular flexibility index (Phi) is 4.36. The highest BCUT2D eigenvalue weighted by atomic mass is 35.5. The van der Waals surface area contributed by atoms with Gasteiger partial charge in [0.05, 0.1) is 23.5 Å². The largest absolute Gasteiger partial charge is 0.309 e. The Labute approximate surface area is 169 Å². The zero-order chi connectivity index (χ0) is 18.4. The summed E-state index contributed by atoms with van der Waals surface area (Å²) in [6.45, 7) is 1.55. The normalized spacial score (nSPS) is 17.3. The van der Waals surface area contributed by atoms with Crippen LogP contribution in [0.1, 0.15) is 27.2 Å². The topological polar surface area (TPSA) is 49.0 Å². The predicted octanol–water partition coefficient (Wildman–Crippen LogP) is 4.85. The highest BCUT2D eigenvalue weighted by Gasteiger charge is 2.30. The van der Waals surface area contributed by atoms with Crippen molar-refractivity contribution in [3.63, 3.8) is 0 Å². The predicted molar refractivity (Wildman–Crippen MR) is 112 cm³/mol. The molecule has 0 bridgehead atoms. The van der Waals surface area contributed by atoms with Crippen LogP contribution in [0.5, 0.6) is 0 Å². The van der Waals surface area contributed by atoms with Crippen LogP contribution in [-0.4, -0.2) is 21.4 Å². The Bertz CT molecular complexity index is 1170. The third-order valence-corrected chi connectivity index (χ3v) is 7.10. The average molecular weight is 414 g/mol. The number of aromatic amines is 1. The number of hydrogen-bond acceptors (Lipinski definition) is 5. The minimum absolute atomic E-state index is 0.140. The van der Waals surface area contributed by atoms with Crippen molar-refractivity contribution >= 4 is 45.2 Å². The molecule has 0 spiro atoms. The van der Waals surface area contributed by atoms with Crippen molar-refractivity contribution in [1.29, 1.82) is 0 Å². The molecule has 136 valence electrons. The molecule has 27 heavy (non-hydrogen) atoms. The molecular formula is C20H16ClN3OS2. The quantitative estimate of drug-likeness (QED) is 0.522. The highest BCUT2D eigenvalue weighted by Crippen LogP contribution is 2.39. The van der Waals surface area contributed by atoms with Gasteiger partial charge in [0.1, 0.15) is 5.82 Å². The summed E-state index contributed by atoms with van der Waals surface area (Å²) in [5, 5.41) is 5.36. The van der Waals surface area contributed by atoms with E-state index in [1.165, 1.54) is 15.3 Å². The van der Waals surface area contributed by atoms with E-state index in [-0.39, 0.29) is 11.6 Å². The summed E-state index contributed by atoms with van der Waals surface area (Å²) in [7, 11) is 0. The van der Waals surface area contributed by atoms with Crippen LogP contribution < -0.4 is 5.56 Å². The Morgan fingerprint density at radius 2 is 2.15 bits per heavy atom. The summed E-state index contributed by atoms with van der Waals surface area (Å²) in [5.74, 6) is 0.690. The number of nitrogens with zero attached hydrogens (tertiary/aromatic N) is 2. The second-order valence-electron chi connectivity index (χ2n) is 6.61. The molecule has 3 aromatic heterocycles. The summed E-state index contributed by atoms with van der Waals surface area (Å²) >= 11 is 9.62. The van der Waals surface area contributed by atoms with Crippen LogP contribution in [0.4, 0.5) is 0 Å². The van der Waals surface area contributed by atoms with E-state index < -0.39 is 0 Å². The molecule has 1 N–H and O–H groups in total. The lowest BCUT2D eigenvalue weighted by molar-refractivity contribution is 0.204. The van der Waals surface area contributed by atoms with Gasteiger partial charge < -0.3 is 4.98 Å². The number of hydrogen-bond donors (Lipinski definition) is 1. The molecule has 5 rings (SSSR count). The fourth-order valence-electron chi connectivity index (χ4n) is 3.75. The SMILES string of the molecule is O=c1[nH]c(CN2CCc3sccc3[C@H]2c2cccs2)nc2ccc(Cl)cc12. The molecule has 4 nitrogen and oxygen atoms in total. The maximum Gasteiger partial charge on any atom is 0.258 e. The van der Waals surface area contributed by atoms with Gasteiger partial charge in [0, 0.05) is 21.3 Å². The monoisotopic (exact) mass is 413 g/mol. The van der Waals surface area contributed by atoms with Gasteiger partial charge in [-0.2, -0.15) is 0 Å². The minimum atomic E-state index is -0.140. The molecule has 1 aromatic carbocycles. The standard InChI is InChI=1S/C20H16ClN3OS2/c21-12-3-4-15-14(10-12)20(25)23-18(22-15)11-24-7-5-16-13(6-9-27-16)19(24)17-2-1-8-26-17/h1-4,6,8-10,19H,5,7,11H2,(H,22,23,25)/t19-/m0/s1. The molecule has 0 radical (unpaired) electrons. The third-order valence-electron chi connectivity index (χ3n) is 4.95. The summed E-state index contributed by atoms with van der Waals surface area (Å²) in [5.41, 5.74) is 1.92. The van der Waals surface area contributed by atoms with Gasteiger partial charge >= 0.3 is 0 Å². The molecular weight excluding hydrogens is 398 g/mol. The van der Waals surface area contributed by atoms with Gasteiger partial charge in [0.25, 0.3) is 5.56 Å². The molecule has 7 heteroatoms.